The van der Waals surface area contributed by atoms with E-state index in [4.69, 9.17) is 0 Å². The summed E-state index contributed by atoms with van der Waals surface area (Å²) in [7, 11) is 0. The van der Waals surface area contributed by atoms with E-state index in [0.29, 0.717) is 11.3 Å². The van der Waals surface area contributed by atoms with Gasteiger partial charge in [-0.15, -0.1) is 0 Å². The topological polar surface area (TPSA) is 46.6 Å². The van der Waals surface area contributed by atoms with Crippen molar-refractivity contribution in [1.29, 1.82) is 0 Å². The van der Waals surface area contributed by atoms with Crippen molar-refractivity contribution in [2.75, 3.05) is 18.8 Å². The average Bonchev–Trinajstić information content (AvgIpc) is 2.65. The van der Waals surface area contributed by atoms with Crippen molar-refractivity contribution in [3.05, 3.63) is 0 Å². The van der Waals surface area contributed by atoms with Gasteiger partial charge in [-0.05, 0) is 18.6 Å². The van der Waals surface area contributed by atoms with Crippen LogP contribution in [0, 0.1) is 0 Å². The van der Waals surface area contributed by atoms with Gasteiger partial charge in [-0.2, -0.15) is 11.8 Å². The number of ether oxygens (including phenoxy) is 1. The summed E-state index contributed by atoms with van der Waals surface area (Å²) >= 11 is 1.94. The highest BCUT2D eigenvalue weighted by Crippen LogP contribution is 2.33. The maximum Gasteiger partial charge on any atom is 0.327 e. The lowest BCUT2D eigenvalue weighted by atomic mass is 10.2. The Hall–Kier alpha value is -0.550. The largest absolute Gasteiger partial charge is 0.391 e. The molecule has 2 atom stereocenters. The number of carbonyl (C=O) groups excluding carboxylic acids is 2. The van der Waals surface area contributed by atoms with Gasteiger partial charge in [-0.25, -0.2) is 0 Å². The first-order chi connectivity index (χ1) is 7.70. The van der Waals surface area contributed by atoms with Crippen LogP contribution in [0.4, 0.5) is 0 Å². The number of morpholine rings is 1. The smallest absolute Gasteiger partial charge is 0.327 e. The Morgan fingerprint density at radius 1 is 1.31 bits per heavy atom. The highest BCUT2D eigenvalue weighted by Gasteiger charge is 2.37. The van der Waals surface area contributed by atoms with Gasteiger partial charge < -0.3 is 4.74 Å². The molecule has 2 aliphatic rings. The number of hydrogen-bond acceptors (Lipinski definition) is 5. The van der Waals surface area contributed by atoms with E-state index in [1.165, 1.54) is 12.8 Å². The molecule has 90 valence electrons. The molecule has 1 aliphatic heterocycles. The minimum Gasteiger partial charge on any atom is -0.391 e. The summed E-state index contributed by atoms with van der Waals surface area (Å²) in [5.74, 6) is 0.291. The van der Waals surface area contributed by atoms with Gasteiger partial charge in [0.05, 0.1) is 13.1 Å². The van der Waals surface area contributed by atoms with Crippen molar-refractivity contribution < 1.29 is 14.3 Å². The Morgan fingerprint density at radius 3 is 2.62 bits per heavy atom. The Bertz CT molecular complexity index is 279. The van der Waals surface area contributed by atoms with Gasteiger partial charge in [-0.3, -0.25) is 14.5 Å². The molecule has 1 heterocycles. The van der Waals surface area contributed by atoms with Crippen molar-refractivity contribution in [3.8, 4) is 0 Å². The SMILES string of the molecule is CCSC1CCCC1N1CC(=O)OC(=O)C1. The lowest BCUT2D eigenvalue weighted by molar-refractivity contribution is -0.167. The summed E-state index contributed by atoms with van der Waals surface area (Å²) in [6.45, 7) is 2.70. The van der Waals surface area contributed by atoms with Crippen LogP contribution in [0.25, 0.3) is 0 Å². The van der Waals surface area contributed by atoms with Crippen LogP contribution in [0.1, 0.15) is 26.2 Å². The first kappa shape index (κ1) is 11.9. The van der Waals surface area contributed by atoms with Gasteiger partial charge in [0.15, 0.2) is 0 Å². The van der Waals surface area contributed by atoms with E-state index in [1.54, 1.807) is 0 Å². The third-order valence-corrected chi connectivity index (χ3v) is 4.47. The minimum atomic E-state index is -0.400. The molecule has 0 radical (unpaired) electrons. The van der Waals surface area contributed by atoms with Gasteiger partial charge in [-0.1, -0.05) is 13.3 Å². The lowest BCUT2D eigenvalue weighted by Crippen LogP contribution is -2.50. The predicted molar refractivity (Wildman–Crippen MR) is 62.2 cm³/mol. The van der Waals surface area contributed by atoms with Crippen molar-refractivity contribution in [3.63, 3.8) is 0 Å². The third kappa shape index (κ3) is 2.58. The van der Waals surface area contributed by atoms with Crippen molar-refractivity contribution >= 4 is 23.7 Å². The zero-order valence-corrected chi connectivity index (χ0v) is 10.3. The number of nitrogens with zero attached hydrogens (tertiary/aromatic N) is 1. The fourth-order valence-corrected chi connectivity index (χ4v) is 3.84. The van der Waals surface area contributed by atoms with Crippen LogP contribution in [-0.2, 0) is 14.3 Å². The molecule has 1 saturated carbocycles. The molecule has 0 spiro atoms. The maximum atomic E-state index is 11.2. The van der Waals surface area contributed by atoms with Gasteiger partial charge in [0, 0.05) is 11.3 Å². The van der Waals surface area contributed by atoms with Crippen LogP contribution in [0.3, 0.4) is 0 Å². The van der Waals surface area contributed by atoms with Gasteiger partial charge in [0.25, 0.3) is 0 Å². The second-order valence-electron chi connectivity index (χ2n) is 4.24. The number of esters is 2. The van der Waals surface area contributed by atoms with Gasteiger partial charge in [0.2, 0.25) is 0 Å². The predicted octanol–water partition coefficient (Wildman–Crippen LogP) is 1.05. The summed E-state index contributed by atoms with van der Waals surface area (Å²) in [5, 5.41) is 0.573. The normalized spacial score (nSPS) is 31.8. The van der Waals surface area contributed by atoms with E-state index < -0.39 is 11.9 Å². The average molecular weight is 243 g/mol. The molecular weight excluding hydrogens is 226 g/mol. The molecule has 1 aliphatic carbocycles. The molecule has 0 amide bonds. The molecule has 2 fully saturated rings. The van der Waals surface area contributed by atoms with E-state index in [9.17, 15) is 9.59 Å². The van der Waals surface area contributed by atoms with E-state index in [-0.39, 0.29) is 13.1 Å². The Labute approximate surface area is 99.7 Å². The highest BCUT2D eigenvalue weighted by molar-refractivity contribution is 7.99. The maximum absolute atomic E-state index is 11.2. The first-order valence-electron chi connectivity index (χ1n) is 5.80. The van der Waals surface area contributed by atoms with Crippen LogP contribution in [0.15, 0.2) is 0 Å². The van der Waals surface area contributed by atoms with Crippen LogP contribution in [0.5, 0.6) is 0 Å². The number of carbonyl (C=O) groups is 2. The molecule has 4 nitrogen and oxygen atoms in total. The third-order valence-electron chi connectivity index (χ3n) is 3.16. The second-order valence-corrected chi connectivity index (χ2v) is 5.76. The monoisotopic (exact) mass is 243 g/mol. The standard InChI is InChI=1S/C11H17NO3S/c1-2-16-9-5-3-4-8(9)12-6-10(13)15-11(14)7-12/h8-9H,2-7H2,1H3. The number of hydrogen-bond donors (Lipinski definition) is 0. The summed E-state index contributed by atoms with van der Waals surface area (Å²) in [4.78, 5) is 24.4. The summed E-state index contributed by atoms with van der Waals surface area (Å²) < 4.78 is 4.54. The number of thioether (sulfide) groups is 1. The quantitative estimate of drug-likeness (QED) is 0.547. The van der Waals surface area contributed by atoms with Crippen molar-refractivity contribution in [2.24, 2.45) is 0 Å². The van der Waals surface area contributed by atoms with E-state index in [0.717, 1.165) is 12.2 Å². The van der Waals surface area contributed by atoms with Gasteiger partial charge >= 0.3 is 11.9 Å². The molecule has 5 heteroatoms. The molecule has 0 N–H and O–H groups in total. The van der Waals surface area contributed by atoms with E-state index in [1.807, 2.05) is 16.7 Å². The Balaban J connectivity index is 1.99. The molecule has 0 aromatic rings. The molecule has 2 rings (SSSR count). The Morgan fingerprint density at radius 2 is 2.00 bits per heavy atom. The van der Waals surface area contributed by atoms with Crippen LogP contribution in [0.2, 0.25) is 0 Å². The zero-order chi connectivity index (χ0) is 11.5. The van der Waals surface area contributed by atoms with Gasteiger partial charge in [0.1, 0.15) is 0 Å². The molecule has 0 bridgehead atoms. The second kappa shape index (κ2) is 5.19. The van der Waals surface area contributed by atoms with Crippen LogP contribution < -0.4 is 0 Å². The first-order valence-corrected chi connectivity index (χ1v) is 6.84. The highest BCUT2D eigenvalue weighted by atomic mass is 32.2. The van der Waals surface area contributed by atoms with E-state index in [2.05, 4.69) is 11.7 Å². The molecule has 1 saturated heterocycles. The fourth-order valence-electron chi connectivity index (χ4n) is 2.55. The van der Waals surface area contributed by atoms with E-state index >= 15 is 0 Å². The number of cyclic esters (lactones) is 2. The molecule has 0 aromatic heterocycles. The fraction of sp³-hybridized carbons (Fsp3) is 0.818. The molecular formula is C11H17NO3S. The molecule has 0 aromatic carbocycles. The molecule has 16 heavy (non-hydrogen) atoms. The minimum absolute atomic E-state index is 0.275. The van der Waals surface area contributed by atoms with Crippen molar-refractivity contribution in [2.45, 2.75) is 37.5 Å². The van der Waals surface area contributed by atoms with Crippen LogP contribution in [-0.4, -0.2) is 47.0 Å². The summed E-state index contributed by atoms with van der Waals surface area (Å²) in [6, 6.07) is 0.377. The molecule has 2 unspecified atom stereocenters. The summed E-state index contributed by atoms with van der Waals surface area (Å²) in [5.41, 5.74) is 0. The Kier molecular flexibility index (Phi) is 3.86. The number of rotatable bonds is 3. The zero-order valence-electron chi connectivity index (χ0n) is 9.48. The summed E-state index contributed by atoms with van der Waals surface area (Å²) in [6.07, 6.45) is 3.49. The lowest BCUT2D eigenvalue weighted by Gasteiger charge is -2.33. The van der Waals surface area contributed by atoms with Crippen LogP contribution >= 0.6 is 11.8 Å². The van der Waals surface area contributed by atoms with Crippen molar-refractivity contribution in [1.82, 2.24) is 4.90 Å².